The second kappa shape index (κ2) is 7.53. The molecule has 0 saturated carbocycles. The molecule has 28 heavy (non-hydrogen) atoms. The number of likely N-dealkylation sites (tertiary alicyclic amines) is 1. The van der Waals surface area contributed by atoms with Crippen LogP contribution in [-0.2, 0) is 11.3 Å². The summed E-state index contributed by atoms with van der Waals surface area (Å²) in [6.45, 7) is 2.27. The Morgan fingerprint density at radius 3 is 2.89 bits per heavy atom. The van der Waals surface area contributed by atoms with Crippen molar-refractivity contribution in [3.8, 4) is 11.5 Å². The minimum Gasteiger partial charge on any atom is -0.497 e. The van der Waals surface area contributed by atoms with Crippen LogP contribution in [0.25, 0.3) is 0 Å². The summed E-state index contributed by atoms with van der Waals surface area (Å²) in [4.78, 5) is 30.8. The highest BCUT2D eigenvalue weighted by Gasteiger charge is 2.41. The number of amides is 2. The van der Waals surface area contributed by atoms with Gasteiger partial charge >= 0.3 is 0 Å². The van der Waals surface area contributed by atoms with Crippen molar-refractivity contribution in [2.24, 2.45) is 0 Å². The zero-order valence-electron chi connectivity index (χ0n) is 15.9. The Morgan fingerprint density at radius 1 is 1.36 bits per heavy atom. The fourth-order valence-electron chi connectivity index (χ4n) is 3.75. The number of imidazole rings is 1. The minimum absolute atomic E-state index is 0.128. The number of methoxy groups -OCH3 is 1. The van der Waals surface area contributed by atoms with Crippen molar-refractivity contribution in [2.75, 3.05) is 26.7 Å². The van der Waals surface area contributed by atoms with Crippen LogP contribution in [0.3, 0.4) is 0 Å². The number of aromatic nitrogens is 2. The number of hydrogen-bond donors (Lipinski definition) is 1. The van der Waals surface area contributed by atoms with Gasteiger partial charge in [-0.2, -0.15) is 0 Å². The second-order valence-corrected chi connectivity index (χ2v) is 7.26. The standard InChI is InChI=1S/C20H24N4O4/c1-27-15-2-3-16-17(12-15)28-20(13-22-19(16)26)5-9-24(10-6-20)18(25)4-8-23-11-7-21-14-23/h2-3,7,11-12,14H,4-6,8-10,13H2,1H3,(H,22,26). The van der Waals surface area contributed by atoms with E-state index in [9.17, 15) is 9.59 Å². The molecule has 148 valence electrons. The molecule has 2 aliphatic rings. The quantitative estimate of drug-likeness (QED) is 0.863. The van der Waals surface area contributed by atoms with Crippen LogP contribution in [0.4, 0.5) is 0 Å². The molecule has 0 atom stereocenters. The number of rotatable bonds is 4. The molecule has 1 N–H and O–H groups in total. The molecule has 1 aromatic heterocycles. The van der Waals surface area contributed by atoms with Crippen molar-refractivity contribution in [3.05, 3.63) is 42.5 Å². The molecule has 2 aromatic rings. The Bertz CT molecular complexity index is 857. The summed E-state index contributed by atoms with van der Waals surface area (Å²) in [6.07, 6.45) is 7.06. The summed E-state index contributed by atoms with van der Waals surface area (Å²) < 4.78 is 13.5. The van der Waals surface area contributed by atoms with Gasteiger partial charge in [0.2, 0.25) is 5.91 Å². The van der Waals surface area contributed by atoms with E-state index >= 15 is 0 Å². The van der Waals surface area contributed by atoms with E-state index < -0.39 is 5.60 Å². The Kier molecular flexibility index (Phi) is 4.93. The summed E-state index contributed by atoms with van der Waals surface area (Å²) in [6, 6.07) is 5.23. The third kappa shape index (κ3) is 3.67. The molecule has 8 heteroatoms. The Labute approximate surface area is 163 Å². The van der Waals surface area contributed by atoms with E-state index in [2.05, 4.69) is 10.3 Å². The van der Waals surface area contributed by atoms with Gasteiger partial charge in [-0.1, -0.05) is 0 Å². The SMILES string of the molecule is COc1ccc2c(c1)OC1(CCN(C(=O)CCn3ccnc3)CC1)CNC2=O. The number of carbonyl (C=O) groups excluding carboxylic acids is 2. The lowest BCUT2D eigenvalue weighted by Gasteiger charge is -2.41. The molecule has 0 unspecified atom stereocenters. The van der Waals surface area contributed by atoms with Crippen LogP contribution < -0.4 is 14.8 Å². The van der Waals surface area contributed by atoms with Crippen LogP contribution in [-0.4, -0.2) is 58.6 Å². The molecule has 1 aromatic carbocycles. The molecule has 1 fully saturated rings. The average Bonchev–Trinajstić information content (AvgIpc) is 3.20. The lowest BCUT2D eigenvalue weighted by molar-refractivity contribution is -0.134. The maximum atomic E-state index is 12.5. The highest BCUT2D eigenvalue weighted by atomic mass is 16.5. The molecule has 8 nitrogen and oxygen atoms in total. The largest absolute Gasteiger partial charge is 0.497 e. The van der Waals surface area contributed by atoms with Crippen LogP contribution in [0, 0.1) is 0 Å². The highest BCUT2D eigenvalue weighted by molar-refractivity contribution is 5.97. The Balaban J connectivity index is 1.41. The fourth-order valence-corrected chi connectivity index (χ4v) is 3.75. The minimum atomic E-state index is -0.506. The van der Waals surface area contributed by atoms with Gasteiger partial charge in [0.25, 0.3) is 5.91 Å². The number of ether oxygens (including phenoxy) is 2. The van der Waals surface area contributed by atoms with Crippen LogP contribution in [0.2, 0.25) is 0 Å². The van der Waals surface area contributed by atoms with E-state index in [0.29, 0.717) is 62.5 Å². The lowest BCUT2D eigenvalue weighted by atomic mass is 9.90. The molecule has 1 saturated heterocycles. The summed E-state index contributed by atoms with van der Waals surface area (Å²) >= 11 is 0. The van der Waals surface area contributed by atoms with E-state index in [-0.39, 0.29) is 11.8 Å². The summed E-state index contributed by atoms with van der Waals surface area (Å²) in [5.74, 6) is 1.17. The van der Waals surface area contributed by atoms with Gasteiger partial charge in [-0.05, 0) is 12.1 Å². The van der Waals surface area contributed by atoms with Crippen molar-refractivity contribution < 1.29 is 19.1 Å². The van der Waals surface area contributed by atoms with Crippen molar-refractivity contribution >= 4 is 11.8 Å². The third-order valence-electron chi connectivity index (χ3n) is 5.50. The van der Waals surface area contributed by atoms with Gasteiger partial charge in [0.05, 0.1) is 25.5 Å². The van der Waals surface area contributed by atoms with Crippen molar-refractivity contribution in [2.45, 2.75) is 31.4 Å². The van der Waals surface area contributed by atoms with Gasteiger partial charge in [0.15, 0.2) is 0 Å². The van der Waals surface area contributed by atoms with Crippen molar-refractivity contribution in [1.82, 2.24) is 19.8 Å². The van der Waals surface area contributed by atoms with Crippen LogP contribution >= 0.6 is 0 Å². The van der Waals surface area contributed by atoms with Gasteiger partial charge < -0.3 is 24.3 Å². The first-order valence-corrected chi connectivity index (χ1v) is 9.47. The maximum Gasteiger partial charge on any atom is 0.255 e. The van der Waals surface area contributed by atoms with E-state index in [4.69, 9.17) is 9.47 Å². The van der Waals surface area contributed by atoms with E-state index in [1.54, 1.807) is 37.8 Å². The monoisotopic (exact) mass is 384 g/mol. The number of benzene rings is 1. The molecular formula is C20H24N4O4. The molecule has 4 rings (SSSR count). The van der Waals surface area contributed by atoms with Gasteiger partial charge in [-0.3, -0.25) is 9.59 Å². The maximum absolute atomic E-state index is 12.5. The normalized spacial score (nSPS) is 18.0. The summed E-state index contributed by atoms with van der Waals surface area (Å²) in [7, 11) is 1.59. The van der Waals surface area contributed by atoms with Crippen LogP contribution in [0.15, 0.2) is 36.9 Å². The number of fused-ring (bicyclic) bond motifs is 1. The zero-order chi connectivity index (χ0) is 19.6. The van der Waals surface area contributed by atoms with E-state index in [0.717, 1.165) is 0 Å². The molecule has 2 aliphatic heterocycles. The van der Waals surface area contributed by atoms with Gasteiger partial charge in [0.1, 0.15) is 17.1 Å². The summed E-state index contributed by atoms with van der Waals surface area (Å²) in [5, 5.41) is 2.97. The third-order valence-corrected chi connectivity index (χ3v) is 5.50. The Hall–Kier alpha value is -3.03. The first-order chi connectivity index (χ1) is 13.6. The van der Waals surface area contributed by atoms with Crippen LogP contribution in [0.1, 0.15) is 29.6 Å². The predicted octanol–water partition coefficient (Wildman–Crippen LogP) is 1.47. The molecule has 1 spiro atoms. The smallest absolute Gasteiger partial charge is 0.255 e. The molecular weight excluding hydrogens is 360 g/mol. The molecule has 0 radical (unpaired) electrons. The van der Waals surface area contributed by atoms with Crippen molar-refractivity contribution in [3.63, 3.8) is 0 Å². The zero-order valence-corrected chi connectivity index (χ0v) is 15.9. The molecule has 0 aliphatic carbocycles. The fraction of sp³-hybridized carbons (Fsp3) is 0.450. The highest BCUT2D eigenvalue weighted by Crippen LogP contribution is 2.35. The number of nitrogens with zero attached hydrogens (tertiary/aromatic N) is 3. The first-order valence-electron chi connectivity index (χ1n) is 9.47. The lowest BCUT2D eigenvalue weighted by Crippen LogP contribution is -2.54. The number of carbonyl (C=O) groups is 2. The molecule has 3 heterocycles. The predicted molar refractivity (Wildman–Crippen MR) is 101 cm³/mol. The van der Waals surface area contributed by atoms with Crippen LogP contribution in [0.5, 0.6) is 11.5 Å². The second-order valence-electron chi connectivity index (χ2n) is 7.26. The topological polar surface area (TPSA) is 85.7 Å². The number of aryl methyl sites for hydroxylation is 1. The van der Waals surface area contributed by atoms with Gasteiger partial charge in [0, 0.05) is 57.4 Å². The van der Waals surface area contributed by atoms with Gasteiger partial charge in [-0.25, -0.2) is 4.98 Å². The first kappa shape index (κ1) is 18.3. The van der Waals surface area contributed by atoms with Gasteiger partial charge in [-0.15, -0.1) is 0 Å². The number of nitrogens with one attached hydrogen (secondary N) is 1. The van der Waals surface area contributed by atoms with E-state index in [1.807, 2.05) is 15.7 Å². The Morgan fingerprint density at radius 2 is 2.18 bits per heavy atom. The molecule has 0 bridgehead atoms. The molecule has 2 amide bonds. The van der Waals surface area contributed by atoms with Crippen molar-refractivity contribution in [1.29, 1.82) is 0 Å². The average molecular weight is 384 g/mol. The number of piperidine rings is 1. The summed E-state index contributed by atoms with van der Waals surface area (Å²) in [5.41, 5.74) is 0.00511. The van der Waals surface area contributed by atoms with E-state index in [1.165, 1.54) is 0 Å². The number of hydrogen-bond acceptors (Lipinski definition) is 5.